The number of carbonyl (C=O) groups is 2. The first kappa shape index (κ1) is 19.1. The zero-order valence-corrected chi connectivity index (χ0v) is 15.8. The molecule has 0 spiro atoms. The Balaban J connectivity index is 1.64. The molecular weight excluding hydrogens is 366 g/mol. The predicted molar refractivity (Wildman–Crippen MR) is 102 cm³/mol. The van der Waals surface area contributed by atoms with Gasteiger partial charge in [0.05, 0.1) is 11.4 Å². The lowest BCUT2D eigenvalue weighted by Crippen LogP contribution is -2.47. The molecule has 0 bridgehead atoms. The molecule has 0 saturated carbocycles. The number of nitrogens with zero attached hydrogens (tertiary/aromatic N) is 1. The minimum absolute atomic E-state index is 0.0486. The number of fused-ring (bicyclic) bond motifs is 1. The molecule has 3 rings (SSSR count). The summed E-state index contributed by atoms with van der Waals surface area (Å²) in [5.74, 6) is -0.696. The van der Waals surface area contributed by atoms with E-state index in [-0.39, 0.29) is 22.8 Å². The largest absolute Gasteiger partial charge is 0.362 e. The van der Waals surface area contributed by atoms with E-state index in [0.717, 1.165) is 25.1 Å². The Labute approximate surface area is 158 Å². The fourth-order valence-electron chi connectivity index (χ4n) is 3.05. The van der Waals surface area contributed by atoms with Crippen molar-refractivity contribution >= 4 is 27.4 Å². The van der Waals surface area contributed by atoms with Crippen molar-refractivity contribution < 1.29 is 18.0 Å². The number of Topliss-reactive ketones (excluding diaryl/α,β-unsaturated/α-hetero) is 1. The van der Waals surface area contributed by atoms with E-state index >= 15 is 0 Å². The molecule has 1 amide bonds. The van der Waals surface area contributed by atoms with Gasteiger partial charge in [0.25, 0.3) is 15.9 Å². The number of sulfonamides is 1. The van der Waals surface area contributed by atoms with E-state index in [0.29, 0.717) is 0 Å². The Bertz CT molecular complexity index is 972. The molecule has 2 aromatic carbocycles. The lowest BCUT2D eigenvalue weighted by Gasteiger charge is -2.30. The molecule has 0 unspecified atom stereocenters. The maximum Gasteiger partial charge on any atom is 0.257 e. The van der Waals surface area contributed by atoms with Gasteiger partial charge in [0.2, 0.25) is 0 Å². The molecule has 2 N–H and O–H groups in total. The van der Waals surface area contributed by atoms with Crippen LogP contribution >= 0.6 is 0 Å². The number of hydrogen-bond donors (Lipinski definition) is 2. The number of para-hydroxylation sites is 1. The topological polar surface area (TPSA) is 95.6 Å². The number of amides is 1. The molecule has 142 valence electrons. The van der Waals surface area contributed by atoms with E-state index in [1.807, 2.05) is 29.2 Å². The second-order valence-corrected chi connectivity index (χ2v) is 8.07. The molecule has 8 heteroatoms. The minimum atomic E-state index is -3.97. The fourth-order valence-corrected chi connectivity index (χ4v) is 3.96. The molecule has 0 fully saturated rings. The first-order valence-corrected chi connectivity index (χ1v) is 10.1. The molecule has 27 heavy (non-hydrogen) atoms. The van der Waals surface area contributed by atoms with Crippen LogP contribution in [0, 0.1) is 0 Å². The molecular formula is C19H21N3O4S. The molecule has 0 radical (unpaired) electrons. The summed E-state index contributed by atoms with van der Waals surface area (Å²) < 4.78 is 24.7. The van der Waals surface area contributed by atoms with E-state index in [9.17, 15) is 18.0 Å². The van der Waals surface area contributed by atoms with E-state index in [1.54, 1.807) is 0 Å². The maximum atomic E-state index is 12.4. The number of hydrogen-bond acceptors (Lipinski definition) is 5. The summed E-state index contributed by atoms with van der Waals surface area (Å²) in [5.41, 5.74) is 4.71. The molecule has 0 aliphatic carbocycles. The highest BCUT2D eigenvalue weighted by molar-refractivity contribution is 7.89. The van der Waals surface area contributed by atoms with Crippen LogP contribution in [0.15, 0.2) is 53.4 Å². The van der Waals surface area contributed by atoms with Crippen molar-refractivity contribution in [3.8, 4) is 0 Å². The lowest BCUT2D eigenvalue weighted by atomic mass is 10.0. The molecule has 1 heterocycles. The summed E-state index contributed by atoms with van der Waals surface area (Å²) in [6.07, 6.45) is 1.90. The van der Waals surface area contributed by atoms with Gasteiger partial charge in [-0.05, 0) is 43.5 Å². The van der Waals surface area contributed by atoms with Crippen LogP contribution in [0.4, 0.5) is 5.69 Å². The summed E-state index contributed by atoms with van der Waals surface area (Å²) in [4.78, 5) is 27.6. The molecule has 2 aromatic rings. The van der Waals surface area contributed by atoms with Gasteiger partial charge >= 0.3 is 0 Å². The van der Waals surface area contributed by atoms with Crippen LogP contribution in [0.3, 0.4) is 0 Å². The van der Waals surface area contributed by atoms with Crippen molar-refractivity contribution in [2.75, 3.05) is 18.0 Å². The molecule has 1 aliphatic heterocycles. The first-order chi connectivity index (χ1) is 12.9. The standard InChI is InChI=1S/C19H21N3O4S/c1-14(23)16-7-4-9-17(12-16)27(25,26)21-20-19(24)13-22-11-5-8-15-6-2-3-10-18(15)22/h2-4,6-7,9-10,12,21H,5,8,11,13H2,1H3,(H,20,24). The third-order valence-corrected chi connectivity index (χ3v) is 5.66. The SMILES string of the molecule is CC(=O)c1cccc(S(=O)(=O)NNC(=O)CN2CCCc3ccccc32)c1. The van der Waals surface area contributed by atoms with Crippen LogP contribution in [0.2, 0.25) is 0 Å². The van der Waals surface area contributed by atoms with Crippen LogP contribution in [0.5, 0.6) is 0 Å². The number of hydrazine groups is 1. The number of aryl methyl sites for hydroxylation is 1. The van der Waals surface area contributed by atoms with E-state index in [2.05, 4.69) is 10.3 Å². The summed E-state index contributed by atoms with van der Waals surface area (Å²) in [6.45, 7) is 2.14. The van der Waals surface area contributed by atoms with Gasteiger partial charge in [-0.2, -0.15) is 0 Å². The lowest BCUT2D eigenvalue weighted by molar-refractivity contribution is -0.120. The van der Waals surface area contributed by atoms with E-state index in [4.69, 9.17) is 0 Å². The average molecular weight is 387 g/mol. The zero-order chi connectivity index (χ0) is 19.4. The summed E-state index contributed by atoms with van der Waals surface area (Å²) in [5, 5.41) is 0. The van der Waals surface area contributed by atoms with Crippen LogP contribution in [-0.4, -0.2) is 33.2 Å². The van der Waals surface area contributed by atoms with Crippen LogP contribution in [-0.2, 0) is 21.2 Å². The van der Waals surface area contributed by atoms with Gasteiger partial charge in [0.1, 0.15) is 0 Å². The van der Waals surface area contributed by atoms with Crippen molar-refractivity contribution in [1.82, 2.24) is 10.3 Å². The van der Waals surface area contributed by atoms with Gasteiger partial charge < -0.3 is 4.90 Å². The molecule has 0 atom stereocenters. The summed E-state index contributed by atoms with van der Waals surface area (Å²) in [7, 11) is -3.97. The van der Waals surface area contributed by atoms with Crippen LogP contribution in [0.1, 0.15) is 29.3 Å². The molecule has 7 nitrogen and oxygen atoms in total. The normalized spacial score (nSPS) is 13.7. The Hall–Kier alpha value is -2.71. The Kier molecular flexibility index (Phi) is 5.57. The second kappa shape index (κ2) is 7.89. The molecule has 1 aliphatic rings. The average Bonchev–Trinajstić information content (AvgIpc) is 2.67. The fraction of sp³-hybridized carbons (Fsp3) is 0.263. The van der Waals surface area contributed by atoms with Crippen molar-refractivity contribution in [2.45, 2.75) is 24.7 Å². The highest BCUT2D eigenvalue weighted by Crippen LogP contribution is 2.26. The van der Waals surface area contributed by atoms with Crippen molar-refractivity contribution in [1.29, 1.82) is 0 Å². The Morgan fingerprint density at radius 2 is 1.89 bits per heavy atom. The highest BCUT2D eigenvalue weighted by Gasteiger charge is 2.20. The monoisotopic (exact) mass is 387 g/mol. The van der Waals surface area contributed by atoms with E-state index in [1.165, 1.54) is 36.8 Å². The quantitative estimate of drug-likeness (QED) is 0.580. The number of rotatable bonds is 6. The number of carbonyl (C=O) groups excluding carboxylic acids is 2. The van der Waals surface area contributed by atoms with Crippen molar-refractivity contribution in [2.24, 2.45) is 0 Å². The Morgan fingerprint density at radius 3 is 2.67 bits per heavy atom. The molecule has 0 aromatic heterocycles. The third kappa shape index (κ3) is 4.53. The van der Waals surface area contributed by atoms with Gasteiger partial charge in [-0.15, -0.1) is 4.83 Å². The van der Waals surface area contributed by atoms with Gasteiger partial charge in [-0.25, -0.2) is 8.42 Å². The number of nitrogens with one attached hydrogen (secondary N) is 2. The second-order valence-electron chi connectivity index (χ2n) is 6.39. The smallest absolute Gasteiger partial charge is 0.257 e. The maximum absolute atomic E-state index is 12.4. The minimum Gasteiger partial charge on any atom is -0.362 e. The van der Waals surface area contributed by atoms with E-state index < -0.39 is 15.9 Å². The van der Waals surface area contributed by atoms with Gasteiger partial charge in [-0.1, -0.05) is 30.3 Å². The predicted octanol–water partition coefficient (Wildman–Crippen LogP) is 1.65. The van der Waals surface area contributed by atoms with Crippen molar-refractivity contribution in [3.63, 3.8) is 0 Å². The number of benzene rings is 2. The van der Waals surface area contributed by atoms with Gasteiger partial charge in [0.15, 0.2) is 5.78 Å². The summed E-state index contributed by atoms with van der Waals surface area (Å²) >= 11 is 0. The number of anilines is 1. The highest BCUT2D eigenvalue weighted by atomic mass is 32.2. The molecule has 0 saturated heterocycles. The Morgan fingerprint density at radius 1 is 1.11 bits per heavy atom. The van der Waals surface area contributed by atoms with Gasteiger partial charge in [0, 0.05) is 17.8 Å². The van der Waals surface area contributed by atoms with Gasteiger partial charge in [-0.3, -0.25) is 15.0 Å². The summed E-state index contributed by atoms with van der Waals surface area (Å²) in [6, 6.07) is 13.5. The van der Waals surface area contributed by atoms with Crippen LogP contribution in [0.25, 0.3) is 0 Å². The van der Waals surface area contributed by atoms with Crippen LogP contribution < -0.4 is 15.2 Å². The zero-order valence-electron chi connectivity index (χ0n) is 14.9. The number of ketones is 1. The van der Waals surface area contributed by atoms with Crippen molar-refractivity contribution in [3.05, 3.63) is 59.7 Å². The third-order valence-electron chi connectivity index (χ3n) is 4.42. The first-order valence-electron chi connectivity index (χ1n) is 8.61.